The first-order chi connectivity index (χ1) is 12.4. The molecule has 0 aliphatic heterocycles. The van der Waals surface area contributed by atoms with Crippen molar-refractivity contribution in [3.8, 4) is 5.75 Å². The number of hydrogen-bond acceptors (Lipinski definition) is 4. The lowest BCUT2D eigenvalue weighted by Gasteiger charge is -2.15. The third kappa shape index (κ3) is 3.97. The van der Waals surface area contributed by atoms with Crippen molar-refractivity contribution < 1.29 is 23.1 Å². The lowest BCUT2D eigenvalue weighted by Crippen LogP contribution is -2.47. The highest BCUT2D eigenvalue weighted by molar-refractivity contribution is 7.20. The van der Waals surface area contributed by atoms with Crippen LogP contribution in [-0.4, -0.2) is 17.9 Å². The molecular weight excluding hydrogens is 362 g/mol. The van der Waals surface area contributed by atoms with Gasteiger partial charge in [0.2, 0.25) is 0 Å². The normalized spacial score (nSPS) is 11.8. The van der Waals surface area contributed by atoms with Crippen molar-refractivity contribution >= 4 is 33.2 Å². The molecular formula is C18H14F2N2O3S. The van der Waals surface area contributed by atoms with Crippen LogP contribution in [0.25, 0.3) is 10.1 Å². The number of thiophene rings is 1. The maximum Gasteiger partial charge on any atom is 0.279 e. The van der Waals surface area contributed by atoms with Gasteiger partial charge in [-0.1, -0.05) is 12.1 Å². The fraction of sp³-hybridized carbons (Fsp3) is 0.111. The standard InChI is InChI=1S/C18H14F2N2O3S/c1-10(25-14-5-3-2-4-13(14)20)17(23)21-22-18(24)16-9-11-8-12(19)6-7-15(11)26-16/h2-10H,1H3,(H,21,23)(H,22,24)/t10-/m1/s1. The van der Waals surface area contributed by atoms with Gasteiger partial charge in [-0.05, 0) is 48.7 Å². The molecule has 0 saturated carbocycles. The zero-order valence-electron chi connectivity index (χ0n) is 13.6. The summed E-state index contributed by atoms with van der Waals surface area (Å²) in [6, 6.07) is 11.4. The highest BCUT2D eigenvalue weighted by Gasteiger charge is 2.18. The van der Waals surface area contributed by atoms with E-state index in [1.807, 2.05) is 0 Å². The number of carbonyl (C=O) groups excluding carboxylic acids is 2. The van der Waals surface area contributed by atoms with Crippen molar-refractivity contribution in [2.45, 2.75) is 13.0 Å². The van der Waals surface area contributed by atoms with Crippen molar-refractivity contribution in [1.29, 1.82) is 0 Å². The number of fused-ring (bicyclic) bond motifs is 1. The van der Waals surface area contributed by atoms with Crippen LogP contribution in [0.4, 0.5) is 8.78 Å². The molecule has 0 fully saturated rings. The van der Waals surface area contributed by atoms with Gasteiger partial charge in [-0.2, -0.15) is 0 Å². The van der Waals surface area contributed by atoms with E-state index < -0.39 is 29.6 Å². The number of halogens is 2. The number of benzene rings is 2. The summed E-state index contributed by atoms with van der Waals surface area (Å²) in [5.41, 5.74) is 4.48. The molecule has 1 aromatic heterocycles. The van der Waals surface area contributed by atoms with Gasteiger partial charge in [-0.3, -0.25) is 20.4 Å². The Morgan fingerprint density at radius 3 is 2.62 bits per heavy atom. The molecule has 134 valence electrons. The molecule has 2 amide bonds. The number of para-hydroxylation sites is 1. The van der Waals surface area contributed by atoms with E-state index in [-0.39, 0.29) is 5.75 Å². The van der Waals surface area contributed by atoms with Crippen LogP contribution in [-0.2, 0) is 4.79 Å². The first kappa shape index (κ1) is 17.8. The van der Waals surface area contributed by atoms with Crippen molar-refractivity contribution in [1.82, 2.24) is 10.9 Å². The van der Waals surface area contributed by atoms with Gasteiger partial charge in [0.15, 0.2) is 17.7 Å². The van der Waals surface area contributed by atoms with Gasteiger partial charge in [0.25, 0.3) is 11.8 Å². The predicted octanol–water partition coefficient (Wildman–Crippen LogP) is 3.41. The molecule has 8 heteroatoms. The van der Waals surface area contributed by atoms with Gasteiger partial charge in [0.05, 0.1) is 4.88 Å². The Kier molecular flexibility index (Phi) is 5.13. The first-order valence-corrected chi connectivity index (χ1v) is 8.46. The minimum Gasteiger partial charge on any atom is -0.478 e. The average molecular weight is 376 g/mol. The lowest BCUT2D eigenvalue weighted by atomic mass is 10.2. The van der Waals surface area contributed by atoms with Crippen LogP contribution in [0.1, 0.15) is 16.6 Å². The third-order valence-electron chi connectivity index (χ3n) is 3.51. The molecule has 3 rings (SSSR count). The molecule has 0 aliphatic rings. The smallest absolute Gasteiger partial charge is 0.279 e. The Labute approximate surface area is 151 Å². The fourth-order valence-corrected chi connectivity index (χ4v) is 3.13. The summed E-state index contributed by atoms with van der Waals surface area (Å²) < 4.78 is 32.7. The summed E-state index contributed by atoms with van der Waals surface area (Å²) in [4.78, 5) is 24.4. The number of hydrazine groups is 1. The second-order valence-corrected chi connectivity index (χ2v) is 6.51. The lowest BCUT2D eigenvalue weighted by molar-refractivity contribution is -0.128. The predicted molar refractivity (Wildman–Crippen MR) is 93.9 cm³/mol. The van der Waals surface area contributed by atoms with E-state index in [1.54, 1.807) is 12.1 Å². The molecule has 3 aromatic rings. The van der Waals surface area contributed by atoms with Gasteiger partial charge >= 0.3 is 0 Å². The molecule has 0 radical (unpaired) electrons. The number of amides is 2. The quantitative estimate of drug-likeness (QED) is 0.686. The Morgan fingerprint density at radius 1 is 1.08 bits per heavy atom. The molecule has 2 N–H and O–H groups in total. The van der Waals surface area contributed by atoms with Crippen molar-refractivity contribution in [3.05, 3.63) is 65.0 Å². The Morgan fingerprint density at radius 2 is 1.85 bits per heavy atom. The summed E-state index contributed by atoms with van der Waals surface area (Å²) in [5, 5.41) is 0.600. The zero-order chi connectivity index (χ0) is 18.7. The largest absolute Gasteiger partial charge is 0.478 e. The van der Waals surface area contributed by atoms with Crippen molar-refractivity contribution in [3.63, 3.8) is 0 Å². The monoisotopic (exact) mass is 376 g/mol. The van der Waals surface area contributed by atoms with Gasteiger partial charge in [-0.25, -0.2) is 8.78 Å². The van der Waals surface area contributed by atoms with E-state index >= 15 is 0 Å². The maximum atomic E-state index is 13.5. The second kappa shape index (κ2) is 7.49. The van der Waals surface area contributed by atoms with Crippen LogP contribution >= 0.6 is 11.3 Å². The van der Waals surface area contributed by atoms with Crippen LogP contribution < -0.4 is 15.6 Å². The Balaban J connectivity index is 1.59. The molecule has 0 bridgehead atoms. The summed E-state index contributed by atoms with van der Waals surface area (Å²) in [5.74, 6) is -2.23. The van der Waals surface area contributed by atoms with Crippen LogP contribution in [0, 0.1) is 11.6 Å². The third-order valence-corrected chi connectivity index (χ3v) is 4.63. The van der Waals surface area contributed by atoms with E-state index in [0.717, 1.165) is 4.70 Å². The zero-order valence-corrected chi connectivity index (χ0v) is 14.4. The van der Waals surface area contributed by atoms with E-state index in [0.29, 0.717) is 10.3 Å². The van der Waals surface area contributed by atoms with Gasteiger partial charge < -0.3 is 4.74 Å². The maximum absolute atomic E-state index is 13.5. The van der Waals surface area contributed by atoms with Crippen LogP contribution in [0.3, 0.4) is 0 Å². The van der Waals surface area contributed by atoms with E-state index in [9.17, 15) is 18.4 Å². The number of nitrogens with one attached hydrogen (secondary N) is 2. The van der Waals surface area contributed by atoms with E-state index in [1.165, 1.54) is 54.7 Å². The number of rotatable bonds is 4. The minimum atomic E-state index is -1.02. The summed E-state index contributed by atoms with van der Waals surface area (Å²) in [6.45, 7) is 1.43. The minimum absolute atomic E-state index is 0.0620. The topological polar surface area (TPSA) is 67.4 Å². The van der Waals surface area contributed by atoms with Gasteiger partial charge in [0, 0.05) is 4.70 Å². The molecule has 0 spiro atoms. The molecule has 0 saturated heterocycles. The van der Waals surface area contributed by atoms with Gasteiger partial charge in [-0.15, -0.1) is 11.3 Å². The van der Waals surface area contributed by atoms with E-state index in [4.69, 9.17) is 4.74 Å². The molecule has 0 aliphatic carbocycles. The summed E-state index contributed by atoms with van der Waals surface area (Å²) in [7, 11) is 0. The number of ether oxygens (including phenoxy) is 1. The molecule has 1 heterocycles. The molecule has 0 unspecified atom stereocenters. The molecule has 26 heavy (non-hydrogen) atoms. The Bertz CT molecular complexity index is 974. The van der Waals surface area contributed by atoms with Crippen LogP contribution in [0.5, 0.6) is 5.75 Å². The Hall–Kier alpha value is -3.00. The molecule has 2 aromatic carbocycles. The number of carbonyl (C=O) groups is 2. The number of hydrogen-bond donors (Lipinski definition) is 2. The van der Waals surface area contributed by atoms with Crippen LogP contribution in [0.2, 0.25) is 0 Å². The van der Waals surface area contributed by atoms with E-state index in [2.05, 4.69) is 10.9 Å². The van der Waals surface area contributed by atoms with Gasteiger partial charge in [0.1, 0.15) is 5.82 Å². The van der Waals surface area contributed by atoms with Crippen molar-refractivity contribution in [2.24, 2.45) is 0 Å². The highest BCUT2D eigenvalue weighted by atomic mass is 32.1. The molecule has 1 atom stereocenters. The highest BCUT2D eigenvalue weighted by Crippen LogP contribution is 2.26. The average Bonchev–Trinajstić information content (AvgIpc) is 3.04. The fourth-order valence-electron chi connectivity index (χ4n) is 2.19. The molecule has 5 nitrogen and oxygen atoms in total. The van der Waals surface area contributed by atoms with Crippen molar-refractivity contribution in [2.75, 3.05) is 0 Å². The summed E-state index contributed by atoms with van der Waals surface area (Å²) >= 11 is 1.17. The summed E-state index contributed by atoms with van der Waals surface area (Å²) in [6.07, 6.45) is -1.02. The SMILES string of the molecule is C[C@@H](Oc1ccccc1F)C(=O)NNC(=O)c1cc2cc(F)ccc2s1. The van der Waals surface area contributed by atoms with Crippen LogP contribution in [0.15, 0.2) is 48.5 Å². The second-order valence-electron chi connectivity index (χ2n) is 5.43. The first-order valence-electron chi connectivity index (χ1n) is 7.64.